The molecule has 1 heterocycles. The van der Waals surface area contributed by atoms with Gasteiger partial charge in [-0.2, -0.15) is 0 Å². The average molecular weight is 337 g/mol. The molecular weight excluding hydrogens is 317 g/mol. The monoisotopic (exact) mass is 337 g/mol. The van der Waals surface area contributed by atoms with Crippen LogP contribution < -0.4 is 0 Å². The normalized spacial score (nSPS) is 12.3. The van der Waals surface area contributed by atoms with Gasteiger partial charge in [0.25, 0.3) is 0 Å². The molecule has 0 aliphatic rings. The van der Waals surface area contributed by atoms with Gasteiger partial charge in [-0.05, 0) is 31.0 Å². The number of aryl methyl sites for hydroxylation is 1. The molecule has 0 aliphatic heterocycles. The molecule has 6 heteroatoms. The molecule has 0 saturated heterocycles. The molecule has 2 rings (SSSR count). The lowest BCUT2D eigenvalue weighted by Crippen LogP contribution is -2.01. The molecule has 0 aliphatic carbocycles. The van der Waals surface area contributed by atoms with Crippen molar-refractivity contribution in [1.82, 2.24) is 5.16 Å². The van der Waals surface area contributed by atoms with E-state index >= 15 is 0 Å². The van der Waals surface area contributed by atoms with Gasteiger partial charge in [0.15, 0.2) is 0 Å². The van der Waals surface area contributed by atoms with Crippen LogP contribution >= 0.6 is 11.8 Å². The Hall–Kier alpha value is -1.82. The number of carboxylic acids is 1. The molecular formula is C17H20FNO3S. The second kappa shape index (κ2) is 8.15. The molecule has 0 radical (unpaired) electrons. The van der Waals surface area contributed by atoms with E-state index in [1.165, 1.54) is 23.9 Å². The highest BCUT2D eigenvalue weighted by molar-refractivity contribution is 7.99. The summed E-state index contributed by atoms with van der Waals surface area (Å²) in [5.74, 6) is -0.885. The zero-order valence-electron chi connectivity index (χ0n) is 13.2. The Morgan fingerprint density at radius 2 is 2.04 bits per heavy atom. The maximum absolute atomic E-state index is 13.2. The number of halogens is 1. The number of aromatic nitrogens is 1. The smallest absolute Gasteiger partial charge is 0.359 e. The molecule has 1 N–H and O–H groups in total. The molecule has 0 fully saturated rings. The number of rotatable bonds is 8. The Labute approximate surface area is 139 Å². The Kier molecular flexibility index (Phi) is 6.21. The highest BCUT2D eigenvalue weighted by atomic mass is 32.2. The van der Waals surface area contributed by atoms with Crippen LogP contribution in [0.3, 0.4) is 0 Å². The van der Waals surface area contributed by atoms with E-state index in [-0.39, 0.29) is 16.8 Å². The summed E-state index contributed by atoms with van der Waals surface area (Å²) in [6, 6.07) is 6.37. The first-order valence-corrected chi connectivity index (χ1v) is 8.52. The lowest BCUT2D eigenvalue weighted by Gasteiger charge is -2.17. The summed E-state index contributed by atoms with van der Waals surface area (Å²) in [4.78, 5) is 11.8. The third-order valence-corrected chi connectivity index (χ3v) is 5.09. The molecule has 0 bridgehead atoms. The molecule has 1 aromatic carbocycles. The number of carbonyl (C=O) groups is 1. The van der Waals surface area contributed by atoms with Crippen LogP contribution in [0.1, 0.15) is 59.7 Å². The van der Waals surface area contributed by atoms with E-state index in [9.17, 15) is 14.3 Å². The summed E-state index contributed by atoms with van der Waals surface area (Å²) in [6.45, 7) is 3.84. The van der Waals surface area contributed by atoms with Crippen molar-refractivity contribution in [3.8, 4) is 0 Å². The molecule has 124 valence electrons. The number of unbranched alkanes of at least 4 members (excludes halogenated alkanes) is 2. The molecule has 4 nitrogen and oxygen atoms in total. The predicted molar refractivity (Wildman–Crippen MR) is 87.3 cm³/mol. The third kappa shape index (κ3) is 4.58. The van der Waals surface area contributed by atoms with Crippen molar-refractivity contribution in [2.75, 3.05) is 0 Å². The number of nitrogens with zero attached hydrogens (tertiary/aromatic N) is 1. The summed E-state index contributed by atoms with van der Waals surface area (Å²) >= 11 is 1.43. The summed E-state index contributed by atoms with van der Waals surface area (Å²) in [5.41, 5.74) is 0.916. The lowest BCUT2D eigenvalue weighted by molar-refractivity contribution is 0.0682. The highest BCUT2D eigenvalue weighted by Crippen LogP contribution is 2.41. The maximum Gasteiger partial charge on any atom is 0.359 e. The van der Waals surface area contributed by atoms with Gasteiger partial charge >= 0.3 is 5.97 Å². The Balaban J connectivity index is 2.25. The van der Waals surface area contributed by atoms with Gasteiger partial charge in [-0.1, -0.05) is 43.5 Å². The molecule has 1 atom stereocenters. The van der Waals surface area contributed by atoms with Crippen LogP contribution in [-0.2, 0) is 0 Å². The Bertz CT molecular complexity index is 654. The van der Waals surface area contributed by atoms with Crippen molar-refractivity contribution < 1.29 is 18.8 Å². The molecule has 1 unspecified atom stereocenters. The van der Waals surface area contributed by atoms with Crippen molar-refractivity contribution in [3.05, 3.63) is 47.1 Å². The Morgan fingerprint density at radius 1 is 1.35 bits per heavy atom. The van der Waals surface area contributed by atoms with Crippen LogP contribution in [0.2, 0.25) is 0 Å². The molecule has 2 aromatic rings. The van der Waals surface area contributed by atoms with E-state index in [4.69, 9.17) is 4.52 Å². The highest BCUT2D eigenvalue weighted by Gasteiger charge is 2.24. The number of thioether (sulfide) groups is 1. The number of aromatic carboxylic acids is 1. The van der Waals surface area contributed by atoms with E-state index in [0.717, 1.165) is 31.2 Å². The first-order valence-electron chi connectivity index (χ1n) is 7.64. The van der Waals surface area contributed by atoms with E-state index in [1.54, 1.807) is 19.1 Å². The van der Waals surface area contributed by atoms with Gasteiger partial charge in [-0.3, -0.25) is 0 Å². The zero-order valence-corrected chi connectivity index (χ0v) is 14.0. The van der Waals surface area contributed by atoms with Crippen LogP contribution in [0.4, 0.5) is 4.39 Å². The fourth-order valence-corrected chi connectivity index (χ4v) is 3.63. The largest absolute Gasteiger partial charge is 0.476 e. The fraction of sp³-hybridized carbons (Fsp3) is 0.412. The topological polar surface area (TPSA) is 63.3 Å². The molecule has 23 heavy (non-hydrogen) atoms. The van der Waals surface area contributed by atoms with Gasteiger partial charge in [-0.15, -0.1) is 11.8 Å². The van der Waals surface area contributed by atoms with Gasteiger partial charge in [-0.25, -0.2) is 9.18 Å². The van der Waals surface area contributed by atoms with Crippen molar-refractivity contribution in [2.45, 2.75) is 49.7 Å². The lowest BCUT2D eigenvalue weighted by atomic mass is 10.1. The quantitative estimate of drug-likeness (QED) is 0.527. The van der Waals surface area contributed by atoms with Crippen molar-refractivity contribution in [2.24, 2.45) is 0 Å². The van der Waals surface area contributed by atoms with Gasteiger partial charge in [0.05, 0.1) is 4.90 Å². The first kappa shape index (κ1) is 17.5. The molecule has 0 saturated carbocycles. The fourth-order valence-electron chi connectivity index (χ4n) is 2.33. The molecule has 1 aromatic heterocycles. The van der Waals surface area contributed by atoms with Crippen molar-refractivity contribution in [3.63, 3.8) is 0 Å². The minimum Gasteiger partial charge on any atom is -0.476 e. The standard InChI is InChI=1S/C17H20FNO3S/c1-3-4-5-6-14(12-7-9-13(18)10-8-12)23-16-11(2)22-19-15(16)17(20)21/h7-10,14H,3-6H2,1-2H3,(H,20,21). The SMILES string of the molecule is CCCCCC(Sc1c(C(=O)O)noc1C)c1ccc(F)cc1. The molecule has 0 amide bonds. The summed E-state index contributed by atoms with van der Waals surface area (Å²) in [7, 11) is 0. The average Bonchev–Trinajstić information content (AvgIpc) is 2.88. The summed E-state index contributed by atoms with van der Waals surface area (Å²) < 4.78 is 18.2. The zero-order chi connectivity index (χ0) is 16.8. The van der Waals surface area contributed by atoms with Crippen LogP contribution in [0.5, 0.6) is 0 Å². The predicted octanol–water partition coefficient (Wildman–Crippen LogP) is 5.23. The third-order valence-electron chi connectivity index (χ3n) is 3.58. The number of hydrogen-bond acceptors (Lipinski definition) is 4. The van der Waals surface area contributed by atoms with E-state index in [1.807, 2.05) is 0 Å². The first-order chi connectivity index (χ1) is 11.0. The minimum atomic E-state index is -1.10. The van der Waals surface area contributed by atoms with Crippen molar-refractivity contribution >= 4 is 17.7 Å². The van der Waals surface area contributed by atoms with Crippen molar-refractivity contribution in [1.29, 1.82) is 0 Å². The Morgan fingerprint density at radius 3 is 2.65 bits per heavy atom. The van der Waals surface area contributed by atoms with E-state index in [0.29, 0.717) is 10.7 Å². The number of hydrogen-bond donors (Lipinski definition) is 1. The minimum absolute atomic E-state index is 0.0401. The van der Waals surface area contributed by atoms with Crippen LogP contribution in [0.15, 0.2) is 33.7 Å². The van der Waals surface area contributed by atoms with Gasteiger partial charge < -0.3 is 9.63 Å². The summed E-state index contributed by atoms with van der Waals surface area (Å²) in [5, 5.41) is 12.9. The summed E-state index contributed by atoms with van der Waals surface area (Å²) in [6.07, 6.45) is 4.12. The van der Waals surface area contributed by atoms with Crippen LogP contribution in [-0.4, -0.2) is 16.2 Å². The van der Waals surface area contributed by atoms with Gasteiger partial charge in [0.1, 0.15) is 11.6 Å². The van der Waals surface area contributed by atoms with E-state index < -0.39 is 5.97 Å². The van der Waals surface area contributed by atoms with Crippen LogP contribution in [0, 0.1) is 12.7 Å². The van der Waals surface area contributed by atoms with Gasteiger partial charge in [0, 0.05) is 5.25 Å². The maximum atomic E-state index is 13.2. The van der Waals surface area contributed by atoms with Gasteiger partial charge in [0.2, 0.25) is 5.69 Å². The second-order valence-electron chi connectivity index (χ2n) is 5.38. The number of carboxylic acid groups (broad SMARTS) is 1. The van der Waals surface area contributed by atoms with E-state index in [2.05, 4.69) is 12.1 Å². The second-order valence-corrected chi connectivity index (χ2v) is 6.59. The van der Waals surface area contributed by atoms with Crippen LogP contribution in [0.25, 0.3) is 0 Å². The molecule has 0 spiro atoms. The number of benzene rings is 1.